The van der Waals surface area contributed by atoms with E-state index in [2.05, 4.69) is 46.9 Å². The Morgan fingerprint density at radius 3 is 2.70 bits per heavy atom. The molecule has 1 aliphatic rings. The highest BCUT2D eigenvalue weighted by Gasteiger charge is 2.23. The number of amides is 1. The van der Waals surface area contributed by atoms with Gasteiger partial charge in [-0.05, 0) is 35.1 Å². The molecule has 1 fully saturated rings. The number of benzene rings is 2. The summed E-state index contributed by atoms with van der Waals surface area (Å²) in [6.07, 6.45) is 7.58. The number of rotatable bonds is 5. The standard InChI is InChI=1S/C23H27N3O/c1-2-22-24-12-15-26(22)17-18-10-13-25(14-11-18)23(27)16-20-8-5-7-19-6-3-4-9-21(19)20/h3-9,12,15,18H,2,10-11,13-14,16-17H2,1H3. The fourth-order valence-electron chi connectivity index (χ4n) is 4.19. The molecule has 2 aromatic carbocycles. The van der Waals surface area contributed by atoms with E-state index in [1.165, 1.54) is 10.8 Å². The SMILES string of the molecule is CCc1nccn1CC1CCN(C(=O)Cc2cccc3ccccc23)CC1. The number of imidazole rings is 1. The minimum atomic E-state index is 0.252. The van der Waals surface area contributed by atoms with E-state index < -0.39 is 0 Å². The van der Waals surface area contributed by atoms with Gasteiger partial charge >= 0.3 is 0 Å². The number of carbonyl (C=O) groups excluding carboxylic acids is 1. The molecule has 1 aromatic heterocycles. The van der Waals surface area contributed by atoms with E-state index in [0.717, 1.165) is 50.3 Å². The molecule has 1 amide bonds. The van der Waals surface area contributed by atoms with E-state index in [1.807, 2.05) is 29.3 Å². The molecular weight excluding hydrogens is 334 g/mol. The fourth-order valence-corrected chi connectivity index (χ4v) is 4.19. The molecule has 4 heteroatoms. The molecule has 1 saturated heterocycles. The largest absolute Gasteiger partial charge is 0.342 e. The Hall–Kier alpha value is -2.62. The van der Waals surface area contributed by atoms with Crippen molar-refractivity contribution in [2.45, 2.75) is 39.2 Å². The first-order chi connectivity index (χ1) is 13.2. The molecule has 3 aromatic rings. The smallest absolute Gasteiger partial charge is 0.227 e. The summed E-state index contributed by atoms with van der Waals surface area (Å²) in [6, 6.07) is 14.5. The molecule has 2 heterocycles. The molecule has 0 atom stereocenters. The van der Waals surface area contributed by atoms with Crippen LogP contribution >= 0.6 is 0 Å². The Kier molecular flexibility index (Phi) is 5.23. The van der Waals surface area contributed by atoms with Crippen LogP contribution in [0.25, 0.3) is 10.8 Å². The van der Waals surface area contributed by atoms with Gasteiger partial charge in [-0.25, -0.2) is 4.98 Å². The predicted molar refractivity (Wildman–Crippen MR) is 109 cm³/mol. The molecule has 0 unspecified atom stereocenters. The quantitative estimate of drug-likeness (QED) is 0.687. The van der Waals surface area contributed by atoms with Crippen LogP contribution < -0.4 is 0 Å². The fraction of sp³-hybridized carbons (Fsp3) is 0.391. The van der Waals surface area contributed by atoms with Crippen LogP contribution in [0.15, 0.2) is 54.9 Å². The van der Waals surface area contributed by atoms with Gasteiger partial charge in [0.15, 0.2) is 0 Å². The van der Waals surface area contributed by atoms with Crippen molar-refractivity contribution >= 4 is 16.7 Å². The third-order valence-corrected chi connectivity index (χ3v) is 5.76. The molecule has 0 N–H and O–H groups in total. The van der Waals surface area contributed by atoms with Gasteiger partial charge in [-0.3, -0.25) is 4.79 Å². The third kappa shape index (κ3) is 3.90. The second kappa shape index (κ2) is 7.95. The van der Waals surface area contributed by atoms with Crippen LogP contribution in [-0.2, 0) is 24.2 Å². The molecule has 0 radical (unpaired) electrons. The molecule has 0 spiro atoms. The van der Waals surface area contributed by atoms with Crippen molar-refractivity contribution in [1.29, 1.82) is 0 Å². The zero-order chi connectivity index (χ0) is 18.6. The van der Waals surface area contributed by atoms with Gasteiger partial charge < -0.3 is 9.47 Å². The molecule has 0 bridgehead atoms. The molecule has 0 saturated carbocycles. The number of aromatic nitrogens is 2. The summed E-state index contributed by atoms with van der Waals surface area (Å²) < 4.78 is 2.28. The Bertz CT molecular complexity index is 917. The number of fused-ring (bicyclic) bond motifs is 1. The van der Waals surface area contributed by atoms with Gasteiger partial charge in [-0.1, -0.05) is 49.4 Å². The Morgan fingerprint density at radius 2 is 1.89 bits per heavy atom. The normalized spacial score (nSPS) is 15.4. The summed E-state index contributed by atoms with van der Waals surface area (Å²) in [5.74, 6) is 2.04. The lowest BCUT2D eigenvalue weighted by molar-refractivity contribution is -0.131. The Labute approximate surface area is 160 Å². The van der Waals surface area contributed by atoms with Crippen LogP contribution in [0.5, 0.6) is 0 Å². The van der Waals surface area contributed by atoms with Crippen molar-refractivity contribution in [1.82, 2.24) is 14.5 Å². The molecule has 27 heavy (non-hydrogen) atoms. The average molecular weight is 361 g/mol. The predicted octanol–water partition coefficient (Wildman–Crippen LogP) is 4.08. The lowest BCUT2D eigenvalue weighted by Gasteiger charge is -2.32. The van der Waals surface area contributed by atoms with Crippen molar-refractivity contribution in [2.24, 2.45) is 5.92 Å². The van der Waals surface area contributed by atoms with Gasteiger partial charge in [-0.15, -0.1) is 0 Å². The molecule has 0 aliphatic carbocycles. The first-order valence-corrected chi connectivity index (χ1v) is 9.99. The molecule has 4 nitrogen and oxygen atoms in total. The van der Waals surface area contributed by atoms with E-state index >= 15 is 0 Å². The number of hydrogen-bond acceptors (Lipinski definition) is 2. The lowest BCUT2D eigenvalue weighted by atomic mass is 9.95. The second-order valence-electron chi connectivity index (χ2n) is 7.49. The topological polar surface area (TPSA) is 38.1 Å². The van der Waals surface area contributed by atoms with Gasteiger partial charge in [0.1, 0.15) is 5.82 Å². The summed E-state index contributed by atoms with van der Waals surface area (Å²) in [4.78, 5) is 19.3. The van der Waals surface area contributed by atoms with Gasteiger partial charge in [0.2, 0.25) is 5.91 Å². The summed E-state index contributed by atoms with van der Waals surface area (Å²) >= 11 is 0. The number of aryl methyl sites for hydroxylation is 1. The molecule has 1 aliphatic heterocycles. The maximum absolute atomic E-state index is 12.8. The van der Waals surface area contributed by atoms with Gasteiger partial charge in [0.05, 0.1) is 6.42 Å². The third-order valence-electron chi connectivity index (χ3n) is 5.76. The monoisotopic (exact) mass is 361 g/mol. The van der Waals surface area contributed by atoms with Crippen LogP contribution in [0.4, 0.5) is 0 Å². The zero-order valence-corrected chi connectivity index (χ0v) is 16.0. The highest BCUT2D eigenvalue weighted by Crippen LogP contribution is 2.23. The van der Waals surface area contributed by atoms with Crippen LogP contribution in [-0.4, -0.2) is 33.4 Å². The van der Waals surface area contributed by atoms with Crippen LogP contribution in [0.2, 0.25) is 0 Å². The van der Waals surface area contributed by atoms with E-state index in [4.69, 9.17) is 0 Å². The van der Waals surface area contributed by atoms with E-state index in [9.17, 15) is 4.79 Å². The van der Waals surface area contributed by atoms with E-state index in [1.54, 1.807) is 0 Å². The van der Waals surface area contributed by atoms with Crippen molar-refractivity contribution < 1.29 is 4.79 Å². The Balaban J connectivity index is 1.36. The number of piperidine rings is 1. The lowest BCUT2D eigenvalue weighted by Crippen LogP contribution is -2.40. The molecule has 140 valence electrons. The summed E-state index contributed by atoms with van der Waals surface area (Å²) in [5.41, 5.74) is 1.13. The molecular formula is C23H27N3O. The van der Waals surface area contributed by atoms with Crippen molar-refractivity contribution in [2.75, 3.05) is 13.1 Å². The molecule has 4 rings (SSSR count). The van der Waals surface area contributed by atoms with Gasteiger partial charge in [-0.2, -0.15) is 0 Å². The zero-order valence-electron chi connectivity index (χ0n) is 16.0. The first kappa shape index (κ1) is 17.8. The van der Waals surface area contributed by atoms with Crippen LogP contribution in [0.3, 0.4) is 0 Å². The minimum absolute atomic E-state index is 0.252. The Morgan fingerprint density at radius 1 is 1.11 bits per heavy atom. The first-order valence-electron chi connectivity index (χ1n) is 9.99. The minimum Gasteiger partial charge on any atom is -0.342 e. The van der Waals surface area contributed by atoms with Crippen LogP contribution in [0.1, 0.15) is 31.2 Å². The van der Waals surface area contributed by atoms with E-state index in [0.29, 0.717) is 12.3 Å². The summed E-state index contributed by atoms with van der Waals surface area (Å²) in [6.45, 7) is 4.90. The average Bonchev–Trinajstić information content (AvgIpc) is 3.16. The highest BCUT2D eigenvalue weighted by molar-refractivity contribution is 5.90. The van der Waals surface area contributed by atoms with Crippen molar-refractivity contribution in [3.05, 3.63) is 66.2 Å². The van der Waals surface area contributed by atoms with Crippen molar-refractivity contribution in [3.63, 3.8) is 0 Å². The maximum Gasteiger partial charge on any atom is 0.227 e. The van der Waals surface area contributed by atoms with Crippen LogP contribution in [0, 0.1) is 5.92 Å². The number of hydrogen-bond donors (Lipinski definition) is 0. The summed E-state index contributed by atoms with van der Waals surface area (Å²) in [7, 11) is 0. The number of likely N-dealkylation sites (tertiary alicyclic amines) is 1. The maximum atomic E-state index is 12.8. The number of carbonyl (C=O) groups is 1. The van der Waals surface area contributed by atoms with Gasteiger partial charge in [0, 0.05) is 38.4 Å². The van der Waals surface area contributed by atoms with E-state index in [-0.39, 0.29) is 5.91 Å². The second-order valence-corrected chi connectivity index (χ2v) is 7.49. The van der Waals surface area contributed by atoms with Gasteiger partial charge in [0.25, 0.3) is 0 Å². The highest BCUT2D eigenvalue weighted by atomic mass is 16.2. The number of nitrogens with zero attached hydrogens (tertiary/aromatic N) is 3. The summed E-state index contributed by atoms with van der Waals surface area (Å²) in [5, 5.41) is 2.39. The van der Waals surface area contributed by atoms with Crippen molar-refractivity contribution in [3.8, 4) is 0 Å².